The van der Waals surface area contributed by atoms with Crippen LogP contribution in [0, 0.1) is 0 Å². The van der Waals surface area contributed by atoms with Crippen LogP contribution in [0.1, 0.15) is 17.7 Å². The lowest BCUT2D eigenvalue weighted by Crippen LogP contribution is -2.35. The molecule has 0 atom stereocenters. The average Bonchev–Trinajstić information content (AvgIpc) is 3.21. The van der Waals surface area contributed by atoms with Gasteiger partial charge in [-0.25, -0.2) is 9.97 Å². The van der Waals surface area contributed by atoms with Gasteiger partial charge in [-0.3, -0.25) is 9.98 Å². The smallest absolute Gasteiger partial charge is 0.433 e. The van der Waals surface area contributed by atoms with Crippen LogP contribution in [0.25, 0.3) is 11.3 Å². The van der Waals surface area contributed by atoms with Gasteiger partial charge in [0.25, 0.3) is 0 Å². The number of pyridine rings is 2. The standard InChI is InChI=1S/C19H17F3N6OS/c20-19(21,22)15-5-4-12(9-26-15)10-29-16-13(3-1-6-23-16)14-11-30-18(27-14)28-17-24-7-2-8-25-17/h1,3-6,9,11H,2,7-8,10H2,(H2,24,25,27,28). The molecular weight excluding hydrogens is 417 g/mol. The minimum Gasteiger partial charge on any atom is -0.472 e. The number of thiazole rings is 1. The van der Waals surface area contributed by atoms with Crippen LogP contribution in [-0.2, 0) is 12.8 Å². The van der Waals surface area contributed by atoms with Crippen LogP contribution >= 0.6 is 11.3 Å². The van der Waals surface area contributed by atoms with Gasteiger partial charge in [0.15, 0.2) is 11.1 Å². The van der Waals surface area contributed by atoms with Crippen LogP contribution in [0.3, 0.4) is 0 Å². The highest BCUT2D eigenvalue weighted by Crippen LogP contribution is 2.31. The number of nitrogens with zero attached hydrogens (tertiary/aromatic N) is 4. The van der Waals surface area contributed by atoms with Crippen molar-refractivity contribution in [1.29, 1.82) is 0 Å². The lowest BCUT2D eigenvalue weighted by atomic mass is 10.2. The SMILES string of the molecule is FC(F)(F)c1ccc(COc2ncccc2-c2csc(NC3=NCCCN3)n2)cn1. The van der Waals surface area contributed by atoms with Gasteiger partial charge in [0, 0.05) is 36.4 Å². The van der Waals surface area contributed by atoms with E-state index in [2.05, 4.69) is 30.6 Å². The number of anilines is 1. The zero-order valence-corrected chi connectivity index (χ0v) is 16.4. The molecule has 0 radical (unpaired) electrons. The first-order valence-corrected chi connectivity index (χ1v) is 9.98. The molecule has 3 aromatic rings. The maximum absolute atomic E-state index is 12.6. The second-order valence-electron chi connectivity index (χ2n) is 6.37. The van der Waals surface area contributed by atoms with Gasteiger partial charge < -0.3 is 15.4 Å². The van der Waals surface area contributed by atoms with Crippen molar-refractivity contribution in [1.82, 2.24) is 20.3 Å². The molecule has 0 unspecified atom stereocenters. The lowest BCUT2D eigenvalue weighted by molar-refractivity contribution is -0.141. The van der Waals surface area contributed by atoms with Crippen molar-refractivity contribution >= 4 is 22.4 Å². The van der Waals surface area contributed by atoms with Crippen molar-refractivity contribution in [2.75, 3.05) is 18.4 Å². The summed E-state index contributed by atoms with van der Waals surface area (Å²) in [4.78, 5) is 16.6. The summed E-state index contributed by atoms with van der Waals surface area (Å²) in [6, 6.07) is 5.85. The molecule has 0 saturated heterocycles. The third kappa shape index (κ3) is 4.85. The predicted molar refractivity (Wildman–Crippen MR) is 107 cm³/mol. The molecule has 11 heteroatoms. The van der Waals surface area contributed by atoms with Crippen LogP contribution in [0.4, 0.5) is 18.3 Å². The van der Waals surface area contributed by atoms with E-state index in [1.807, 2.05) is 11.4 Å². The second kappa shape index (κ2) is 8.66. The molecule has 0 spiro atoms. The molecule has 4 rings (SSSR count). The van der Waals surface area contributed by atoms with Gasteiger partial charge >= 0.3 is 6.18 Å². The minimum absolute atomic E-state index is 0.0329. The Kier molecular flexibility index (Phi) is 5.79. The number of hydrogen-bond donors (Lipinski definition) is 2. The lowest BCUT2D eigenvalue weighted by Gasteiger charge is -2.14. The van der Waals surface area contributed by atoms with E-state index in [4.69, 9.17) is 4.74 Å². The third-order valence-electron chi connectivity index (χ3n) is 4.16. The fourth-order valence-corrected chi connectivity index (χ4v) is 3.41. The normalized spacial score (nSPS) is 14.0. The summed E-state index contributed by atoms with van der Waals surface area (Å²) in [5, 5.41) is 8.87. The van der Waals surface area contributed by atoms with E-state index < -0.39 is 11.9 Å². The minimum atomic E-state index is -4.47. The molecule has 0 saturated carbocycles. The fraction of sp³-hybridized carbons (Fsp3) is 0.263. The number of aromatic nitrogens is 3. The van der Waals surface area contributed by atoms with Crippen molar-refractivity contribution < 1.29 is 17.9 Å². The Morgan fingerprint density at radius 1 is 1.20 bits per heavy atom. The number of rotatable bonds is 5. The quantitative estimate of drug-likeness (QED) is 0.633. The average molecular weight is 434 g/mol. The Labute approximate surface area is 174 Å². The predicted octanol–water partition coefficient (Wildman–Crippen LogP) is 3.96. The number of ether oxygens (including phenoxy) is 1. The summed E-state index contributed by atoms with van der Waals surface area (Å²) in [7, 11) is 0. The van der Waals surface area contributed by atoms with Crippen molar-refractivity contribution in [3.05, 3.63) is 53.3 Å². The number of alkyl halides is 3. The number of guanidine groups is 1. The van der Waals surface area contributed by atoms with Crippen molar-refractivity contribution in [3.8, 4) is 17.1 Å². The van der Waals surface area contributed by atoms with Gasteiger partial charge in [-0.15, -0.1) is 11.3 Å². The van der Waals surface area contributed by atoms with Crippen LogP contribution in [0.2, 0.25) is 0 Å². The van der Waals surface area contributed by atoms with Crippen LogP contribution in [0.15, 0.2) is 47.0 Å². The molecule has 0 aromatic carbocycles. The summed E-state index contributed by atoms with van der Waals surface area (Å²) in [5.41, 5.74) is 0.915. The van der Waals surface area contributed by atoms with Gasteiger partial charge in [0.05, 0.1) is 11.3 Å². The van der Waals surface area contributed by atoms with Crippen LogP contribution < -0.4 is 15.4 Å². The highest BCUT2D eigenvalue weighted by Gasteiger charge is 2.32. The topological polar surface area (TPSA) is 84.3 Å². The fourth-order valence-electron chi connectivity index (χ4n) is 2.70. The van der Waals surface area contributed by atoms with E-state index in [1.54, 1.807) is 12.3 Å². The monoisotopic (exact) mass is 434 g/mol. The first-order valence-electron chi connectivity index (χ1n) is 9.10. The maximum Gasteiger partial charge on any atom is 0.433 e. The molecule has 7 nitrogen and oxygen atoms in total. The van der Waals surface area contributed by atoms with Gasteiger partial charge in [-0.2, -0.15) is 13.2 Å². The van der Waals surface area contributed by atoms with E-state index >= 15 is 0 Å². The van der Waals surface area contributed by atoms with Crippen molar-refractivity contribution in [2.24, 2.45) is 4.99 Å². The number of halogens is 3. The summed E-state index contributed by atoms with van der Waals surface area (Å²) >= 11 is 1.42. The van der Waals surface area contributed by atoms with Crippen LogP contribution in [-0.4, -0.2) is 34.0 Å². The number of aliphatic imine (C=N–C) groups is 1. The van der Waals surface area contributed by atoms with E-state index in [9.17, 15) is 13.2 Å². The Morgan fingerprint density at radius 3 is 2.83 bits per heavy atom. The van der Waals surface area contributed by atoms with Gasteiger partial charge in [0.1, 0.15) is 12.3 Å². The van der Waals surface area contributed by atoms with E-state index in [0.717, 1.165) is 31.8 Å². The number of hydrogen-bond acceptors (Lipinski definition) is 8. The highest BCUT2D eigenvalue weighted by atomic mass is 32.1. The van der Waals surface area contributed by atoms with Gasteiger partial charge in [-0.05, 0) is 24.6 Å². The molecule has 0 amide bonds. The molecule has 30 heavy (non-hydrogen) atoms. The zero-order chi connectivity index (χ0) is 21.0. The Hall–Kier alpha value is -3.21. The molecule has 0 bridgehead atoms. The molecule has 3 aromatic heterocycles. The molecule has 2 N–H and O–H groups in total. The molecule has 4 heterocycles. The maximum atomic E-state index is 12.6. The third-order valence-corrected chi connectivity index (χ3v) is 4.92. The van der Waals surface area contributed by atoms with E-state index in [0.29, 0.717) is 33.8 Å². The Morgan fingerprint density at radius 2 is 2.10 bits per heavy atom. The summed E-state index contributed by atoms with van der Waals surface area (Å²) < 4.78 is 43.6. The van der Waals surface area contributed by atoms with Crippen molar-refractivity contribution in [3.63, 3.8) is 0 Å². The van der Waals surface area contributed by atoms with Crippen molar-refractivity contribution in [2.45, 2.75) is 19.2 Å². The van der Waals surface area contributed by atoms with E-state index in [-0.39, 0.29) is 6.61 Å². The largest absolute Gasteiger partial charge is 0.472 e. The van der Waals surface area contributed by atoms with E-state index in [1.165, 1.54) is 17.4 Å². The van der Waals surface area contributed by atoms with Gasteiger partial charge in [-0.1, -0.05) is 6.07 Å². The molecular formula is C19H17F3N6OS. The zero-order valence-electron chi connectivity index (χ0n) is 15.6. The van der Waals surface area contributed by atoms with Crippen LogP contribution in [0.5, 0.6) is 5.88 Å². The summed E-state index contributed by atoms with van der Waals surface area (Å²) in [5.74, 6) is 1.03. The first kappa shape index (κ1) is 20.1. The summed E-state index contributed by atoms with van der Waals surface area (Å²) in [6.45, 7) is 1.67. The molecule has 1 aliphatic heterocycles. The second-order valence-corrected chi connectivity index (χ2v) is 7.23. The first-order chi connectivity index (χ1) is 14.5. The Balaban J connectivity index is 1.46. The van der Waals surface area contributed by atoms with Gasteiger partial charge in [0.2, 0.25) is 5.88 Å². The summed E-state index contributed by atoms with van der Waals surface area (Å²) in [6.07, 6.45) is -0.744. The number of nitrogens with one attached hydrogen (secondary N) is 2. The molecule has 0 aliphatic carbocycles. The molecule has 156 valence electrons. The molecule has 1 aliphatic rings. The molecule has 0 fully saturated rings. The Bertz CT molecular complexity index is 1040. The highest BCUT2D eigenvalue weighted by molar-refractivity contribution is 7.14.